The zero-order chi connectivity index (χ0) is 22.4. The van der Waals surface area contributed by atoms with E-state index in [0.717, 1.165) is 10.5 Å². The quantitative estimate of drug-likeness (QED) is 0.225. The highest BCUT2D eigenvalue weighted by molar-refractivity contribution is 9.10. The minimum Gasteiger partial charge on any atom is -0.378 e. The van der Waals surface area contributed by atoms with E-state index in [0.29, 0.717) is 5.56 Å². The van der Waals surface area contributed by atoms with Gasteiger partial charge in [-0.05, 0) is 36.4 Å². The number of hydrogen-bond acceptors (Lipinski definition) is 7. The lowest BCUT2D eigenvalue weighted by Crippen LogP contribution is -2.17. The standard InChI is InChI=1S/C20H14BrN3O6S/c21-16-7-3-6-14(11-16)20(25)23-22-13-15-5-1-2-10-19(15)30-31(28,29)18-9-4-8-17(12-18)24(26)27/h1-13H,(H,23,25)/b22-13-. The van der Waals surface area contributed by atoms with E-state index in [2.05, 4.69) is 26.5 Å². The molecule has 3 aromatic rings. The number of nitrogens with one attached hydrogen (secondary N) is 1. The number of nitro groups is 1. The Hall–Kier alpha value is -3.57. The third kappa shape index (κ3) is 5.74. The lowest BCUT2D eigenvalue weighted by molar-refractivity contribution is -0.385. The van der Waals surface area contributed by atoms with Gasteiger partial charge < -0.3 is 4.18 Å². The fraction of sp³-hybridized carbons (Fsp3) is 0. The molecule has 1 amide bonds. The maximum absolute atomic E-state index is 12.6. The predicted octanol–water partition coefficient (Wildman–Crippen LogP) is 3.89. The van der Waals surface area contributed by atoms with Gasteiger partial charge in [-0.3, -0.25) is 14.9 Å². The van der Waals surface area contributed by atoms with Gasteiger partial charge in [-0.15, -0.1) is 0 Å². The van der Waals surface area contributed by atoms with E-state index in [-0.39, 0.29) is 21.9 Å². The minimum atomic E-state index is -4.34. The predicted molar refractivity (Wildman–Crippen MR) is 117 cm³/mol. The van der Waals surface area contributed by atoms with E-state index >= 15 is 0 Å². The molecule has 3 aromatic carbocycles. The second-order valence-electron chi connectivity index (χ2n) is 6.04. The maximum atomic E-state index is 12.6. The van der Waals surface area contributed by atoms with Crippen LogP contribution in [0, 0.1) is 10.1 Å². The molecule has 0 heterocycles. The number of amides is 1. The summed E-state index contributed by atoms with van der Waals surface area (Å²) in [6, 6.07) is 17.3. The first-order chi connectivity index (χ1) is 14.8. The summed E-state index contributed by atoms with van der Waals surface area (Å²) >= 11 is 3.28. The number of nitro benzene ring substituents is 1. The van der Waals surface area contributed by atoms with Gasteiger partial charge in [0.1, 0.15) is 4.90 Å². The average Bonchev–Trinajstić information content (AvgIpc) is 2.74. The number of halogens is 1. The Bertz CT molecular complexity index is 1280. The first kappa shape index (κ1) is 22.1. The zero-order valence-electron chi connectivity index (χ0n) is 15.6. The molecular formula is C20H14BrN3O6S. The smallest absolute Gasteiger partial charge is 0.339 e. The Morgan fingerprint density at radius 1 is 1.06 bits per heavy atom. The van der Waals surface area contributed by atoms with E-state index in [1.807, 2.05) is 0 Å². The second kappa shape index (κ2) is 9.49. The van der Waals surface area contributed by atoms with E-state index in [1.54, 1.807) is 36.4 Å². The van der Waals surface area contributed by atoms with Crippen LogP contribution in [0.4, 0.5) is 5.69 Å². The molecule has 0 aliphatic heterocycles. The molecule has 31 heavy (non-hydrogen) atoms. The van der Waals surface area contributed by atoms with Gasteiger partial charge >= 0.3 is 10.1 Å². The number of nitrogens with zero attached hydrogens (tertiary/aromatic N) is 2. The molecule has 0 bridgehead atoms. The molecule has 1 N–H and O–H groups in total. The Balaban J connectivity index is 1.79. The van der Waals surface area contributed by atoms with Gasteiger partial charge in [0.25, 0.3) is 11.6 Å². The van der Waals surface area contributed by atoms with Gasteiger partial charge in [0.05, 0.1) is 11.1 Å². The van der Waals surface area contributed by atoms with Gasteiger partial charge in [-0.25, -0.2) is 5.43 Å². The van der Waals surface area contributed by atoms with Crippen molar-refractivity contribution in [2.24, 2.45) is 5.10 Å². The molecule has 9 nitrogen and oxygen atoms in total. The highest BCUT2D eigenvalue weighted by atomic mass is 79.9. The van der Waals surface area contributed by atoms with E-state index in [1.165, 1.54) is 36.5 Å². The molecule has 0 aliphatic rings. The number of carbonyl (C=O) groups is 1. The summed E-state index contributed by atoms with van der Waals surface area (Å²) in [4.78, 5) is 22.0. The molecule has 0 aromatic heterocycles. The Kier molecular flexibility index (Phi) is 6.78. The molecule has 158 valence electrons. The van der Waals surface area contributed by atoms with Crippen molar-refractivity contribution in [1.82, 2.24) is 5.43 Å². The van der Waals surface area contributed by atoms with Crippen LogP contribution in [0.3, 0.4) is 0 Å². The van der Waals surface area contributed by atoms with Crippen LogP contribution >= 0.6 is 15.9 Å². The summed E-state index contributed by atoms with van der Waals surface area (Å²) < 4.78 is 31.0. The first-order valence-corrected chi connectivity index (χ1v) is 10.8. The van der Waals surface area contributed by atoms with E-state index in [9.17, 15) is 23.3 Å². The van der Waals surface area contributed by atoms with E-state index < -0.39 is 20.9 Å². The van der Waals surface area contributed by atoms with Crippen LogP contribution in [-0.4, -0.2) is 25.5 Å². The molecule has 11 heteroatoms. The molecule has 0 radical (unpaired) electrons. The number of hydrogen-bond donors (Lipinski definition) is 1. The first-order valence-electron chi connectivity index (χ1n) is 8.63. The van der Waals surface area contributed by atoms with Gasteiger partial charge in [-0.1, -0.05) is 40.2 Å². The number of hydrazone groups is 1. The number of non-ortho nitro benzene ring substituents is 1. The summed E-state index contributed by atoms with van der Waals surface area (Å²) in [7, 11) is -4.34. The van der Waals surface area contributed by atoms with Crippen molar-refractivity contribution >= 4 is 43.9 Å². The number of rotatable bonds is 7. The van der Waals surface area contributed by atoms with Gasteiger partial charge in [-0.2, -0.15) is 13.5 Å². The van der Waals surface area contributed by atoms with Crippen molar-refractivity contribution in [1.29, 1.82) is 0 Å². The van der Waals surface area contributed by atoms with Crippen LogP contribution in [0.1, 0.15) is 15.9 Å². The normalized spacial score (nSPS) is 11.3. The lowest BCUT2D eigenvalue weighted by atomic mass is 10.2. The monoisotopic (exact) mass is 503 g/mol. The molecule has 3 rings (SSSR count). The number of para-hydroxylation sites is 1. The van der Waals surface area contributed by atoms with E-state index in [4.69, 9.17) is 4.18 Å². The van der Waals surface area contributed by atoms with Crippen molar-refractivity contribution in [2.75, 3.05) is 0 Å². The Morgan fingerprint density at radius 2 is 1.81 bits per heavy atom. The third-order valence-corrected chi connectivity index (χ3v) is 5.62. The molecule has 0 atom stereocenters. The highest BCUT2D eigenvalue weighted by Crippen LogP contribution is 2.24. The van der Waals surface area contributed by atoms with Crippen molar-refractivity contribution in [2.45, 2.75) is 4.90 Å². The largest absolute Gasteiger partial charge is 0.378 e. The van der Waals surface area contributed by atoms with Crippen LogP contribution in [-0.2, 0) is 10.1 Å². The molecule has 0 saturated carbocycles. The number of benzene rings is 3. The molecular weight excluding hydrogens is 490 g/mol. The van der Waals surface area contributed by atoms with Crippen molar-refractivity contribution in [3.05, 3.63) is 98.5 Å². The molecule has 0 fully saturated rings. The molecule has 0 unspecified atom stereocenters. The summed E-state index contributed by atoms with van der Waals surface area (Å²) in [6.45, 7) is 0. The number of carbonyl (C=O) groups excluding carboxylic acids is 1. The minimum absolute atomic E-state index is 0.0607. The third-order valence-electron chi connectivity index (χ3n) is 3.89. The highest BCUT2D eigenvalue weighted by Gasteiger charge is 2.21. The molecule has 0 spiro atoms. The molecule has 0 aliphatic carbocycles. The maximum Gasteiger partial charge on any atom is 0.339 e. The van der Waals surface area contributed by atoms with Crippen LogP contribution < -0.4 is 9.61 Å². The topological polar surface area (TPSA) is 128 Å². The fourth-order valence-corrected chi connectivity index (χ4v) is 3.83. The van der Waals surface area contributed by atoms with Crippen molar-refractivity contribution < 1.29 is 22.3 Å². The Labute approximate surface area is 185 Å². The average molecular weight is 504 g/mol. The Morgan fingerprint density at radius 3 is 2.55 bits per heavy atom. The van der Waals surface area contributed by atoms with Gasteiger partial charge in [0, 0.05) is 27.7 Å². The van der Waals surface area contributed by atoms with Gasteiger partial charge in [0.2, 0.25) is 0 Å². The summed E-state index contributed by atoms with van der Waals surface area (Å²) in [5.41, 5.74) is 2.61. The van der Waals surface area contributed by atoms with Crippen LogP contribution in [0.5, 0.6) is 5.75 Å². The van der Waals surface area contributed by atoms with Crippen LogP contribution in [0.15, 0.2) is 87.3 Å². The lowest BCUT2D eigenvalue weighted by Gasteiger charge is -2.09. The van der Waals surface area contributed by atoms with Crippen LogP contribution in [0.2, 0.25) is 0 Å². The molecule has 0 saturated heterocycles. The summed E-state index contributed by atoms with van der Waals surface area (Å²) in [5, 5.41) is 14.7. The summed E-state index contributed by atoms with van der Waals surface area (Å²) in [6.07, 6.45) is 1.23. The SMILES string of the molecule is O=C(N/N=C\c1ccccc1OS(=O)(=O)c1cccc([N+](=O)[O-])c1)c1cccc(Br)c1. The van der Waals surface area contributed by atoms with Crippen LogP contribution in [0.25, 0.3) is 0 Å². The second-order valence-corrected chi connectivity index (χ2v) is 8.50. The van der Waals surface area contributed by atoms with Gasteiger partial charge in [0.15, 0.2) is 5.75 Å². The fourth-order valence-electron chi connectivity index (χ4n) is 2.44. The summed E-state index contributed by atoms with van der Waals surface area (Å²) in [5.74, 6) is -0.519. The zero-order valence-corrected chi connectivity index (χ0v) is 18.0. The van der Waals surface area contributed by atoms with Crippen molar-refractivity contribution in [3.8, 4) is 5.75 Å². The van der Waals surface area contributed by atoms with Crippen molar-refractivity contribution in [3.63, 3.8) is 0 Å².